The van der Waals surface area contributed by atoms with E-state index in [9.17, 15) is 9.90 Å². The Hall–Kier alpha value is -3.16. The molecular weight excluding hydrogens is 437 g/mol. The van der Waals surface area contributed by atoms with Gasteiger partial charge in [-0.05, 0) is 57.2 Å². The van der Waals surface area contributed by atoms with Gasteiger partial charge in [0.2, 0.25) is 0 Å². The molecule has 3 heterocycles. The molecule has 4 rings (SSSR count). The maximum absolute atomic E-state index is 11.9. The Morgan fingerprint density at radius 3 is 2.39 bits per heavy atom. The van der Waals surface area contributed by atoms with E-state index in [2.05, 4.69) is 10.1 Å². The van der Waals surface area contributed by atoms with Crippen molar-refractivity contribution in [1.29, 1.82) is 0 Å². The van der Waals surface area contributed by atoms with Crippen LogP contribution in [0.2, 0.25) is 10.2 Å². The standard InChI is InChI=1S/C22H19Cl2N5O2/c1-22(2,3)28(21(30)31)18-12-14(10-11-25-18)20-19(13-4-6-15(23)7-5-13)26-17-9-8-16(24)27-29(17)20/h4-12H,1-3H3,(H,30,31). The van der Waals surface area contributed by atoms with Crippen LogP contribution in [0.1, 0.15) is 20.8 Å². The molecule has 1 aromatic carbocycles. The van der Waals surface area contributed by atoms with Crippen molar-refractivity contribution in [2.75, 3.05) is 4.90 Å². The maximum atomic E-state index is 11.9. The Kier molecular flexibility index (Phi) is 5.33. The molecule has 3 aromatic heterocycles. The second-order valence-corrected chi connectivity index (χ2v) is 8.76. The second-order valence-electron chi connectivity index (χ2n) is 7.93. The first-order valence-corrected chi connectivity index (χ1v) is 10.2. The number of hydrogen-bond donors (Lipinski definition) is 1. The predicted molar refractivity (Wildman–Crippen MR) is 122 cm³/mol. The average molecular weight is 456 g/mol. The Morgan fingerprint density at radius 1 is 1.03 bits per heavy atom. The summed E-state index contributed by atoms with van der Waals surface area (Å²) in [7, 11) is 0. The molecule has 7 nitrogen and oxygen atoms in total. The van der Waals surface area contributed by atoms with Crippen LogP contribution in [-0.4, -0.2) is 36.3 Å². The first-order valence-electron chi connectivity index (χ1n) is 9.46. The number of anilines is 1. The van der Waals surface area contributed by atoms with E-state index in [1.165, 1.54) is 4.90 Å². The third-order valence-electron chi connectivity index (χ3n) is 4.67. The fourth-order valence-electron chi connectivity index (χ4n) is 3.40. The monoisotopic (exact) mass is 455 g/mol. The molecule has 0 atom stereocenters. The van der Waals surface area contributed by atoms with Gasteiger partial charge < -0.3 is 5.11 Å². The zero-order chi connectivity index (χ0) is 22.3. The topological polar surface area (TPSA) is 83.6 Å². The van der Waals surface area contributed by atoms with Gasteiger partial charge in [-0.3, -0.25) is 4.90 Å². The van der Waals surface area contributed by atoms with Gasteiger partial charge in [0.25, 0.3) is 0 Å². The lowest BCUT2D eigenvalue weighted by Gasteiger charge is -2.32. The van der Waals surface area contributed by atoms with Crippen molar-refractivity contribution >= 4 is 40.8 Å². The fraction of sp³-hybridized carbons (Fsp3) is 0.182. The summed E-state index contributed by atoms with van der Waals surface area (Å²) in [5.74, 6) is 0.302. The molecule has 0 unspecified atom stereocenters. The zero-order valence-electron chi connectivity index (χ0n) is 17.0. The van der Waals surface area contributed by atoms with Crippen LogP contribution in [0.25, 0.3) is 28.2 Å². The highest BCUT2D eigenvalue weighted by molar-refractivity contribution is 6.30. The minimum Gasteiger partial charge on any atom is -0.465 e. The number of amides is 1. The molecule has 1 amide bonds. The predicted octanol–water partition coefficient (Wildman–Crippen LogP) is 6.05. The average Bonchev–Trinajstić information content (AvgIpc) is 3.06. The van der Waals surface area contributed by atoms with Crippen molar-refractivity contribution < 1.29 is 9.90 Å². The second kappa shape index (κ2) is 7.83. The highest BCUT2D eigenvalue weighted by Gasteiger charge is 2.29. The van der Waals surface area contributed by atoms with Gasteiger partial charge in [-0.15, -0.1) is 0 Å². The summed E-state index contributed by atoms with van der Waals surface area (Å²) >= 11 is 12.2. The molecular formula is C22H19Cl2N5O2. The summed E-state index contributed by atoms with van der Waals surface area (Å²) in [5.41, 5.74) is 2.80. The molecule has 31 heavy (non-hydrogen) atoms. The number of halogens is 2. The van der Waals surface area contributed by atoms with Gasteiger partial charge in [-0.2, -0.15) is 5.10 Å². The van der Waals surface area contributed by atoms with Crippen molar-refractivity contribution in [3.05, 3.63) is 64.9 Å². The molecule has 0 bridgehead atoms. The van der Waals surface area contributed by atoms with E-state index in [-0.39, 0.29) is 0 Å². The number of carbonyl (C=O) groups is 1. The molecule has 0 aliphatic heterocycles. The Labute approximate surface area is 188 Å². The molecule has 158 valence electrons. The number of carboxylic acid groups (broad SMARTS) is 1. The number of nitrogens with zero attached hydrogens (tertiary/aromatic N) is 5. The quantitative estimate of drug-likeness (QED) is 0.406. The van der Waals surface area contributed by atoms with Crippen LogP contribution in [0.3, 0.4) is 0 Å². The number of aromatic nitrogens is 4. The lowest BCUT2D eigenvalue weighted by Crippen LogP contribution is -2.45. The van der Waals surface area contributed by atoms with E-state index >= 15 is 0 Å². The Balaban J connectivity index is 1.97. The summed E-state index contributed by atoms with van der Waals surface area (Å²) in [6, 6.07) is 14.3. The van der Waals surface area contributed by atoms with E-state index in [4.69, 9.17) is 28.2 Å². The summed E-state index contributed by atoms with van der Waals surface area (Å²) < 4.78 is 1.65. The van der Waals surface area contributed by atoms with Crippen LogP contribution in [-0.2, 0) is 0 Å². The summed E-state index contributed by atoms with van der Waals surface area (Å²) in [6.45, 7) is 5.43. The molecule has 1 N–H and O–H groups in total. The van der Waals surface area contributed by atoms with E-state index in [0.29, 0.717) is 38.6 Å². The van der Waals surface area contributed by atoms with Crippen LogP contribution < -0.4 is 4.90 Å². The first-order chi connectivity index (χ1) is 14.6. The number of pyridine rings is 1. The largest absolute Gasteiger partial charge is 0.465 e. The van der Waals surface area contributed by atoms with Gasteiger partial charge in [0.05, 0.1) is 5.69 Å². The SMILES string of the molecule is CC(C)(C)N(C(=O)O)c1cc(-c2c(-c3ccc(Cl)cc3)nc3ccc(Cl)nn23)ccn1. The molecule has 4 aromatic rings. The number of rotatable bonds is 3. The minimum absolute atomic E-state index is 0.302. The van der Waals surface area contributed by atoms with Crippen LogP contribution in [0.4, 0.5) is 10.6 Å². The molecule has 9 heteroatoms. The lowest BCUT2D eigenvalue weighted by molar-refractivity contribution is 0.195. The smallest absolute Gasteiger partial charge is 0.413 e. The molecule has 0 saturated heterocycles. The van der Waals surface area contributed by atoms with Crippen LogP contribution in [0.15, 0.2) is 54.7 Å². The van der Waals surface area contributed by atoms with Gasteiger partial charge in [0, 0.05) is 27.9 Å². The molecule has 0 aliphatic carbocycles. The summed E-state index contributed by atoms with van der Waals surface area (Å²) in [4.78, 5) is 22.2. The Bertz CT molecular complexity index is 1280. The van der Waals surface area contributed by atoms with Gasteiger partial charge in [-0.25, -0.2) is 19.3 Å². The summed E-state index contributed by atoms with van der Waals surface area (Å²) in [6.07, 6.45) is 0.483. The number of hydrogen-bond acceptors (Lipinski definition) is 4. The maximum Gasteiger partial charge on any atom is 0.413 e. The van der Waals surface area contributed by atoms with Crippen LogP contribution in [0, 0.1) is 0 Å². The third kappa shape index (κ3) is 4.06. The van der Waals surface area contributed by atoms with Gasteiger partial charge in [0.15, 0.2) is 5.65 Å². The molecule has 0 spiro atoms. The zero-order valence-corrected chi connectivity index (χ0v) is 18.6. The van der Waals surface area contributed by atoms with Crippen LogP contribution >= 0.6 is 23.2 Å². The van der Waals surface area contributed by atoms with Crippen LogP contribution in [0.5, 0.6) is 0 Å². The lowest BCUT2D eigenvalue weighted by atomic mass is 10.0. The van der Waals surface area contributed by atoms with E-state index in [1.54, 1.807) is 47.1 Å². The number of fused-ring (bicyclic) bond motifs is 1. The van der Waals surface area contributed by atoms with Crippen molar-refractivity contribution in [3.8, 4) is 22.5 Å². The highest BCUT2D eigenvalue weighted by atomic mass is 35.5. The van der Waals surface area contributed by atoms with Gasteiger partial charge in [0.1, 0.15) is 16.7 Å². The minimum atomic E-state index is -1.09. The molecule has 0 radical (unpaired) electrons. The number of benzene rings is 1. The van der Waals surface area contributed by atoms with Crippen molar-refractivity contribution in [2.24, 2.45) is 0 Å². The van der Waals surface area contributed by atoms with E-state index < -0.39 is 11.6 Å². The molecule has 0 aliphatic rings. The highest BCUT2D eigenvalue weighted by Crippen LogP contribution is 2.35. The number of imidazole rings is 1. The first kappa shape index (κ1) is 21.1. The van der Waals surface area contributed by atoms with E-state index in [1.807, 2.05) is 32.9 Å². The fourth-order valence-corrected chi connectivity index (χ4v) is 3.66. The summed E-state index contributed by atoms with van der Waals surface area (Å²) in [5, 5.41) is 15.1. The Morgan fingerprint density at radius 2 is 1.74 bits per heavy atom. The van der Waals surface area contributed by atoms with Crippen molar-refractivity contribution in [2.45, 2.75) is 26.3 Å². The van der Waals surface area contributed by atoms with Crippen molar-refractivity contribution in [3.63, 3.8) is 0 Å². The van der Waals surface area contributed by atoms with E-state index in [0.717, 1.165) is 5.56 Å². The molecule has 0 saturated carbocycles. The third-order valence-corrected chi connectivity index (χ3v) is 5.13. The molecule has 0 fully saturated rings. The van der Waals surface area contributed by atoms with Crippen molar-refractivity contribution in [1.82, 2.24) is 19.6 Å². The van der Waals surface area contributed by atoms with Gasteiger partial charge in [-0.1, -0.05) is 35.3 Å². The van der Waals surface area contributed by atoms with Gasteiger partial charge >= 0.3 is 6.09 Å². The normalized spacial score (nSPS) is 11.6.